The van der Waals surface area contributed by atoms with Crippen LogP contribution in [-0.4, -0.2) is 91.5 Å². The third-order valence-corrected chi connectivity index (χ3v) is 11.3. The number of H-pyrrole nitrogens is 2. The second-order valence-electron chi connectivity index (χ2n) is 18.0. The molecule has 2 aliphatic rings. The van der Waals surface area contributed by atoms with Crippen molar-refractivity contribution < 1.29 is 56.1 Å². The predicted molar refractivity (Wildman–Crippen MR) is 256 cm³/mol. The number of benzene rings is 2. The fourth-order valence-corrected chi connectivity index (χ4v) is 8.14. The Morgan fingerprint density at radius 1 is 0.771 bits per heavy atom. The predicted octanol–water partition coefficient (Wildman–Crippen LogP) is 9.67. The van der Waals surface area contributed by atoms with Gasteiger partial charge < -0.3 is 39.5 Å². The van der Waals surface area contributed by atoms with Crippen LogP contribution in [0.25, 0.3) is 33.2 Å². The van der Waals surface area contributed by atoms with Crippen molar-refractivity contribution in [1.29, 1.82) is 0 Å². The number of amides is 1. The molecule has 14 nitrogen and oxygen atoms in total. The molecule has 0 atom stereocenters. The summed E-state index contributed by atoms with van der Waals surface area (Å²) in [6.45, 7) is 15.7. The van der Waals surface area contributed by atoms with Gasteiger partial charge in [0.2, 0.25) is 0 Å². The van der Waals surface area contributed by atoms with Gasteiger partial charge in [-0.25, -0.2) is 32.1 Å². The maximum Gasteiger partial charge on any atom is 0.342 e. The highest BCUT2D eigenvalue weighted by molar-refractivity contribution is 6.67. The first-order chi connectivity index (χ1) is 32.9. The molecular weight excluding hydrogens is 959 g/mol. The van der Waals surface area contributed by atoms with Gasteiger partial charge in [0.15, 0.2) is 34.2 Å². The summed E-state index contributed by atoms with van der Waals surface area (Å²) in [5.41, 5.74) is 5.19. The van der Waals surface area contributed by atoms with Crippen LogP contribution in [-0.2, 0) is 29.9 Å². The first-order valence-electron chi connectivity index (χ1n) is 21.9. The number of fused-ring (bicyclic) bond motifs is 6. The van der Waals surface area contributed by atoms with E-state index in [2.05, 4.69) is 39.1 Å². The highest BCUT2D eigenvalue weighted by Gasteiger charge is 2.39. The van der Waals surface area contributed by atoms with Crippen molar-refractivity contribution in [3.8, 4) is 5.75 Å². The number of carbonyl (C=O) groups excluding carboxylic acids is 4. The normalized spacial score (nSPS) is 14.6. The molecule has 70 heavy (non-hydrogen) atoms. The fraction of sp³-hybridized carbons (Fsp3) is 0.320. The molecule has 0 unspecified atom stereocenters. The zero-order chi connectivity index (χ0) is 51.4. The lowest BCUT2D eigenvalue weighted by Crippen LogP contribution is -2.37. The molecule has 0 fully saturated rings. The van der Waals surface area contributed by atoms with Crippen molar-refractivity contribution in [2.75, 3.05) is 26.3 Å². The number of hydrogen-bond acceptors (Lipinski definition) is 11. The lowest BCUT2D eigenvalue weighted by molar-refractivity contribution is -0.141. The number of pyridine rings is 2. The average molecular weight is 1010 g/mol. The van der Waals surface area contributed by atoms with E-state index in [1.807, 2.05) is 39.8 Å². The molecule has 4 N–H and O–H groups in total. The number of aliphatic hydroxyl groups excluding tert-OH is 1. The van der Waals surface area contributed by atoms with Crippen molar-refractivity contribution in [2.24, 2.45) is 0 Å². The van der Waals surface area contributed by atoms with E-state index in [1.165, 1.54) is 17.2 Å². The third kappa shape index (κ3) is 11.6. The zero-order valence-corrected chi connectivity index (χ0v) is 40.8. The molecular formula is C50H50Cl2F4N6O8. The molecule has 370 valence electrons. The Bertz CT molecular complexity index is 3060. The number of nitrogens with one attached hydrogen (secondary N) is 3. The number of nitrogens with zero attached hydrogens (tertiary/aromatic N) is 3. The van der Waals surface area contributed by atoms with Gasteiger partial charge in [0.25, 0.3) is 11.1 Å². The van der Waals surface area contributed by atoms with Crippen molar-refractivity contribution in [3.63, 3.8) is 0 Å². The number of hydrogen-bond donors (Lipinski definition) is 4. The molecule has 2 aliphatic heterocycles. The van der Waals surface area contributed by atoms with Crippen LogP contribution >= 0.6 is 23.2 Å². The molecule has 0 radical (unpaired) electrons. The van der Waals surface area contributed by atoms with Crippen molar-refractivity contribution in [2.45, 2.75) is 78.4 Å². The van der Waals surface area contributed by atoms with Crippen LogP contribution in [0, 0.1) is 23.3 Å². The molecule has 6 aromatic rings. The number of aromatic nitrogens is 4. The minimum absolute atomic E-state index is 0.0196. The smallest absolute Gasteiger partial charge is 0.342 e. The number of carbonyl (C=O) groups is 4. The van der Waals surface area contributed by atoms with E-state index >= 15 is 0 Å². The van der Waals surface area contributed by atoms with Crippen LogP contribution in [0.15, 0.2) is 73.2 Å². The lowest BCUT2D eigenvalue weighted by atomic mass is 9.83. The number of aromatic amines is 2. The van der Waals surface area contributed by atoms with Crippen LogP contribution in [0.3, 0.4) is 0 Å². The summed E-state index contributed by atoms with van der Waals surface area (Å²) >= 11 is 11.4. The van der Waals surface area contributed by atoms with E-state index in [-0.39, 0.29) is 64.8 Å². The van der Waals surface area contributed by atoms with E-state index in [4.69, 9.17) is 42.5 Å². The number of aliphatic hydroxyl groups is 1. The van der Waals surface area contributed by atoms with Crippen LogP contribution in [0.5, 0.6) is 5.75 Å². The number of halogens is 6. The van der Waals surface area contributed by atoms with Crippen LogP contribution in [0.2, 0.25) is 5.15 Å². The lowest BCUT2D eigenvalue weighted by Gasteiger charge is -2.29. The van der Waals surface area contributed by atoms with E-state index in [9.17, 15) is 36.7 Å². The zero-order valence-electron chi connectivity index (χ0n) is 39.3. The minimum Gasteiger partial charge on any atom is -0.488 e. The van der Waals surface area contributed by atoms with Crippen LogP contribution in [0.1, 0.15) is 98.6 Å². The van der Waals surface area contributed by atoms with Gasteiger partial charge in [0.1, 0.15) is 6.61 Å². The van der Waals surface area contributed by atoms with Gasteiger partial charge in [-0.1, -0.05) is 39.3 Å². The van der Waals surface area contributed by atoms with Crippen LogP contribution in [0.4, 0.5) is 17.6 Å². The maximum absolute atomic E-state index is 13.9. The topological polar surface area (TPSA) is 189 Å². The first kappa shape index (κ1) is 52.6. The standard InChI is InChI=1S/C26H26ClF2N3O5.C17H21N3O2.C7H3ClF2O/c1-13(2)37-25(35)15-11-32(24(34)14-5-6-16(28)17(29)9-14)12-26(3,4)20-21(15)30-18-10-19(36-8-7-33)23(27)31-22(18)20;1-10(2)22-16(21)11-8-18-9-17(3,4)13-14(11)20-12-6-5-7-19-15(12)13;8-7(11)4-1-2-5(9)6(10)3-4/h5-6,9-11,13,30,33H,7-8,12H2,1-4H3;5-8,10,18,20H,9H2,1-4H3;1-3H. The average Bonchev–Trinajstić information content (AvgIpc) is 3.79. The summed E-state index contributed by atoms with van der Waals surface area (Å²) < 4.78 is 68.3. The SMILES string of the molecule is CC(C)OC(=O)C1=CN(C(=O)c2ccc(F)c(F)c2)CC(C)(C)c2c1[nH]c1cc(OCCO)c(Cl)nc21.CC(C)OC(=O)C1=CNCC(C)(C)c2c1[nH]c1cccnc21.O=C(Cl)c1ccc(F)c(F)c1. The third-order valence-electron chi connectivity index (χ3n) is 10.8. The number of rotatable bonds is 9. The highest BCUT2D eigenvalue weighted by atomic mass is 35.5. The van der Waals surface area contributed by atoms with E-state index in [0.717, 1.165) is 59.2 Å². The molecule has 0 saturated carbocycles. The summed E-state index contributed by atoms with van der Waals surface area (Å²) in [6, 6.07) is 11.1. The second-order valence-corrected chi connectivity index (χ2v) is 18.7. The first-order valence-corrected chi connectivity index (χ1v) is 22.6. The Hall–Kier alpha value is -6.76. The molecule has 6 heterocycles. The molecule has 8 rings (SSSR count). The monoisotopic (exact) mass is 1010 g/mol. The van der Waals surface area contributed by atoms with Gasteiger partial charge in [0, 0.05) is 70.8 Å². The molecule has 0 aliphatic carbocycles. The quantitative estimate of drug-likeness (QED) is 0.0467. The van der Waals surface area contributed by atoms with E-state index in [0.29, 0.717) is 27.9 Å². The Labute approximate surface area is 410 Å². The van der Waals surface area contributed by atoms with Gasteiger partial charge in [-0.05, 0) is 87.8 Å². The van der Waals surface area contributed by atoms with Gasteiger partial charge in [0.05, 0.1) is 63.4 Å². The Balaban J connectivity index is 0.000000203. The van der Waals surface area contributed by atoms with Crippen molar-refractivity contribution in [1.82, 2.24) is 30.2 Å². The maximum atomic E-state index is 13.9. The molecule has 1 amide bonds. The number of ether oxygens (including phenoxy) is 3. The van der Waals surface area contributed by atoms with Gasteiger partial charge in [-0.15, -0.1) is 0 Å². The molecule has 2 aromatic carbocycles. The van der Waals surface area contributed by atoms with E-state index < -0.39 is 51.9 Å². The molecule has 0 saturated heterocycles. The highest BCUT2D eigenvalue weighted by Crippen LogP contribution is 2.42. The van der Waals surface area contributed by atoms with Gasteiger partial charge in [-0.3, -0.25) is 14.6 Å². The largest absolute Gasteiger partial charge is 0.488 e. The summed E-state index contributed by atoms with van der Waals surface area (Å²) in [6.07, 6.45) is 4.27. The Morgan fingerprint density at radius 3 is 1.94 bits per heavy atom. The molecule has 4 aromatic heterocycles. The van der Waals surface area contributed by atoms with Gasteiger partial charge >= 0.3 is 11.9 Å². The minimum atomic E-state index is -1.15. The summed E-state index contributed by atoms with van der Waals surface area (Å²) in [5, 5.41) is 11.6. The Morgan fingerprint density at radius 2 is 1.34 bits per heavy atom. The summed E-state index contributed by atoms with van der Waals surface area (Å²) in [4.78, 5) is 66.3. The Kier molecular flexibility index (Phi) is 16.1. The summed E-state index contributed by atoms with van der Waals surface area (Å²) in [7, 11) is 0. The summed E-state index contributed by atoms with van der Waals surface area (Å²) in [5.74, 6) is -5.68. The van der Waals surface area contributed by atoms with Crippen LogP contribution < -0.4 is 10.1 Å². The number of esters is 2. The molecule has 0 spiro atoms. The molecule has 0 bridgehead atoms. The van der Waals surface area contributed by atoms with E-state index in [1.54, 1.807) is 32.3 Å². The van der Waals surface area contributed by atoms with Crippen molar-refractivity contribution >= 4 is 79.5 Å². The van der Waals surface area contributed by atoms with Crippen molar-refractivity contribution in [3.05, 3.63) is 135 Å². The van der Waals surface area contributed by atoms with Gasteiger partial charge in [-0.2, -0.15) is 0 Å². The fourth-order valence-electron chi connectivity index (χ4n) is 7.83. The molecule has 20 heteroatoms. The second kappa shape index (κ2) is 21.5.